The number of para-hydroxylation sites is 1. The van der Waals surface area contributed by atoms with E-state index >= 15 is 0 Å². The van der Waals surface area contributed by atoms with Crippen molar-refractivity contribution in [3.05, 3.63) is 59.9 Å². The Morgan fingerprint density at radius 1 is 1.18 bits per heavy atom. The van der Waals surface area contributed by atoms with Crippen molar-refractivity contribution >= 4 is 11.5 Å². The molecule has 2 rings (SSSR count). The summed E-state index contributed by atoms with van der Waals surface area (Å²) in [6.07, 6.45) is 1.72. The molecule has 1 heterocycles. The second kappa shape index (κ2) is 5.23. The van der Waals surface area contributed by atoms with E-state index in [1.165, 1.54) is 0 Å². The normalized spacial score (nSPS) is 11.3. The highest BCUT2D eigenvalue weighted by Gasteiger charge is 2.06. The molecule has 0 aliphatic rings. The van der Waals surface area contributed by atoms with E-state index in [9.17, 15) is 0 Å². The maximum absolute atomic E-state index is 5.50. The van der Waals surface area contributed by atoms with Crippen molar-refractivity contribution in [3.63, 3.8) is 0 Å². The average Bonchev–Trinajstić information content (AvgIpc) is 2.38. The highest BCUT2D eigenvalue weighted by Crippen LogP contribution is 2.12. The predicted molar refractivity (Wildman–Crippen MR) is 68.9 cm³/mol. The van der Waals surface area contributed by atoms with Crippen LogP contribution < -0.4 is 11.3 Å². The number of hydrogen-bond acceptors (Lipinski definition) is 3. The fourth-order valence-electron chi connectivity index (χ4n) is 1.52. The van der Waals surface area contributed by atoms with Crippen LogP contribution in [0.2, 0.25) is 0 Å². The van der Waals surface area contributed by atoms with Crippen molar-refractivity contribution < 1.29 is 0 Å². The van der Waals surface area contributed by atoms with Crippen molar-refractivity contribution in [1.82, 2.24) is 10.4 Å². The van der Waals surface area contributed by atoms with Crippen LogP contribution in [0.5, 0.6) is 0 Å². The van der Waals surface area contributed by atoms with E-state index in [1.54, 1.807) is 6.20 Å². The maximum Gasteiger partial charge on any atom is 0.166 e. The Balaban J connectivity index is 2.41. The Morgan fingerprint density at radius 2 is 1.94 bits per heavy atom. The van der Waals surface area contributed by atoms with Crippen LogP contribution >= 0.6 is 0 Å². The van der Waals surface area contributed by atoms with Gasteiger partial charge in [-0.2, -0.15) is 0 Å². The van der Waals surface area contributed by atoms with Gasteiger partial charge in [0, 0.05) is 6.20 Å². The van der Waals surface area contributed by atoms with Crippen molar-refractivity contribution in [2.24, 2.45) is 10.8 Å². The monoisotopic (exact) mass is 226 g/mol. The number of aromatic nitrogens is 1. The largest absolute Gasteiger partial charge is 0.307 e. The molecule has 4 nitrogen and oxygen atoms in total. The van der Waals surface area contributed by atoms with E-state index in [0.717, 1.165) is 16.9 Å². The molecule has 0 aliphatic carbocycles. The van der Waals surface area contributed by atoms with Crippen LogP contribution in [0.3, 0.4) is 0 Å². The number of amidine groups is 1. The summed E-state index contributed by atoms with van der Waals surface area (Å²) in [4.78, 5) is 8.70. The van der Waals surface area contributed by atoms with Crippen molar-refractivity contribution in [2.75, 3.05) is 0 Å². The van der Waals surface area contributed by atoms with Crippen LogP contribution in [0.1, 0.15) is 11.3 Å². The lowest BCUT2D eigenvalue weighted by molar-refractivity contribution is 1.01. The summed E-state index contributed by atoms with van der Waals surface area (Å²) < 4.78 is 0. The van der Waals surface area contributed by atoms with E-state index < -0.39 is 0 Å². The summed E-state index contributed by atoms with van der Waals surface area (Å²) in [6, 6.07) is 13.5. The fourth-order valence-corrected chi connectivity index (χ4v) is 1.52. The van der Waals surface area contributed by atoms with Crippen LogP contribution in [-0.2, 0) is 0 Å². The Hall–Kier alpha value is -2.20. The standard InChI is InChI=1S/C13H14N4/c1-10-6-5-9-15-12(10)13(17-14)16-11-7-3-2-4-8-11/h2-9H,14H2,1H3,(H,16,17). The topological polar surface area (TPSA) is 63.3 Å². The van der Waals surface area contributed by atoms with Gasteiger partial charge in [0.05, 0.1) is 5.69 Å². The summed E-state index contributed by atoms with van der Waals surface area (Å²) >= 11 is 0. The molecule has 0 radical (unpaired) electrons. The van der Waals surface area contributed by atoms with Gasteiger partial charge in [0.2, 0.25) is 0 Å². The zero-order valence-electron chi connectivity index (χ0n) is 9.59. The zero-order valence-corrected chi connectivity index (χ0v) is 9.59. The van der Waals surface area contributed by atoms with Crippen molar-refractivity contribution in [3.8, 4) is 0 Å². The van der Waals surface area contributed by atoms with E-state index in [4.69, 9.17) is 5.84 Å². The molecule has 0 amide bonds. The Morgan fingerprint density at radius 3 is 2.59 bits per heavy atom. The second-order valence-electron chi connectivity index (χ2n) is 3.61. The fraction of sp³-hybridized carbons (Fsp3) is 0.0769. The molecule has 86 valence electrons. The Labute approximate surface area is 100 Å². The molecule has 0 saturated carbocycles. The van der Waals surface area contributed by atoms with Gasteiger partial charge in [0.1, 0.15) is 5.69 Å². The molecule has 2 aromatic rings. The van der Waals surface area contributed by atoms with Crippen molar-refractivity contribution in [2.45, 2.75) is 6.92 Å². The lowest BCUT2D eigenvalue weighted by atomic mass is 10.2. The van der Waals surface area contributed by atoms with Crippen LogP contribution in [0.4, 0.5) is 5.69 Å². The summed E-state index contributed by atoms with van der Waals surface area (Å²) in [6.45, 7) is 1.97. The quantitative estimate of drug-likeness (QED) is 0.356. The van der Waals surface area contributed by atoms with Gasteiger partial charge in [-0.05, 0) is 30.7 Å². The molecule has 17 heavy (non-hydrogen) atoms. The number of hydrogen-bond donors (Lipinski definition) is 2. The van der Waals surface area contributed by atoms with Gasteiger partial charge in [-0.25, -0.2) is 10.8 Å². The van der Waals surface area contributed by atoms with Gasteiger partial charge in [-0.3, -0.25) is 4.98 Å². The molecular formula is C13H14N4. The van der Waals surface area contributed by atoms with Gasteiger partial charge in [0.15, 0.2) is 5.84 Å². The molecule has 0 atom stereocenters. The summed E-state index contributed by atoms with van der Waals surface area (Å²) in [5, 5.41) is 0. The zero-order chi connectivity index (χ0) is 12.1. The summed E-state index contributed by atoms with van der Waals surface area (Å²) in [5.74, 6) is 6.06. The number of aryl methyl sites for hydroxylation is 1. The lowest BCUT2D eigenvalue weighted by Crippen LogP contribution is -2.32. The minimum Gasteiger partial charge on any atom is -0.307 e. The molecule has 1 aromatic carbocycles. The van der Waals surface area contributed by atoms with E-state index in [1.807, 2.05) is 49.4 Å². The molecular weight excluding hydrogens is 212 g/mol. The van der Waals surface area contributed by atoms with Gasteiger partial charge in [-0.15, -0.1) is 0 Å². The highest BCUT2D eigenvalue weighted by molar-refractivity contribution is 5.99. The molecule has 4 heteroatoms. The molecule has 0 fully saturated rings. The number of rotatable bonds is 2. The predicted octanol–water partition coefficient (Wildman–Crippen LogP) is 1.93. The number of nitrogens with two attached hydrogens (primary N) is 1. The number of benzene rings is 1. The van der Waals surface area contributed by atoms with E-state index in [0.29, 0.717) is 5.84 Å². The minimum absolute atomic E-state index is 0.564. The van der Waals surface area contributed by atoms with Crippen molar-refractivity contribution in [1.29, 1.82) is 0 Å². The second-order valence-corrected chi connectivity index (χ2v) is 3.61. The van der Waals surface area contributed by atoms with E-state index in [2.05, 4.69) is 15.4 Å². The first-order valence-electron chi connectivity index (χ1n) is 5.33. The van der Waals surface area contributed by atoms with Crippen LogP contribution in [-0.4, -0.2) is 10.8 Å². The molecule has 0 spiro atoms. The molecule has 0 aliphatic heterocycles. The van der Waals surface area contributed by atoms with Gasteiger partial charge in [0.25, 0.3) is 0 Å². The number of aliphatic imine (C=N–C) groups is 1. The number of pyridine rings is 1. The van der Waals surface area contributed by atoms with Gasteiger partial charge in [-0.1, -0.05) is 24.3 Å². The highest BCUT2D eigenvalue weighted by atomic mass is 15.3. The third-order valence-corrected chi connectivity index (χ3v) is 2.37. The Kier molecular flexibility index (Phi) is 3.47. The van der Waals surface area contributed by atoms with E-state index in [-0.39, 0.29) is 0 Å². The Bertz CT molecular complexity index is 520. The summed E-state index contributed by atoms with van der Waals surface area (Å²) in [5.41, 5.74) is 5.22. The lowest BCUT2D eigenvalue weighted by Gasteiger charge is -2.07. The SMILES string of the molecule is Cc1cccnc1C(=Nc1ccccc1)NN. The first-order valence-corrected chi connectivity index (χ1v) is 5.33. The van der Waals surface area contributed by atoms with Crippen LogP contribution in [0.15, 0.2) is 53.7 Å². The van der Waals surface area contributed by atoms with Gasteiger partial charge < -0.3 is 5.43 Å². The number of nitrogens with zero attached hydrogens (tertiary/aromatic N) is 2. The third kappa shape index (κ3) is 2.68. The van der Waals surface area contributed by atoms with Gasteiger partial charge >= 0.3 is 0 Å². The minimum atomic E-state index is 0.564. The molecule has 0 saturated heterocycles. The molecule has 3 N–H and O–H groups in total. The van der Waals surface area contributed by atoms with Crippen LogP contribution in [0, 0.1) is 6.92 Å². The molecule has 0 unspecified atom stereocenters. The maximum atomic E-state index is 5.50. The average molecular weight is 226 g/mol. The first-order chi connectivity index (χ1) is 8.31. The smallest absolute Gasteiger partial charge is 0.166 e. The molecule has 1 aromatic heterocycles. The molecule has 0 bridgehead atoms. The number of nitrogens with one attached hydrogen (secondary N) is 1. The van der Waals surface area contributed by atoms with Crippen LogP contribution in [0.25, 0.3) is 0 Å². The third-order valence-electron chi connectivity index (χ3n) is 2.37. The summed E-state index contributed by atoms with van der Waals surface area (Å²) in [7, 11) is 0. The first kappa shape index (κ1) is 11.3. The number of hydrazine groups is 1.